The van der Waals surface area contributed by atoms with Crippen molar-refractivity contribution < 1.29 is 13.2 Å². The Morgan fingerprint density at radius 2 is 2.00 bits per heavy atom. The van der Waals surface area contributed by atoms with E-state index in [-0.39, 0.29) is 16.4 Å². The van der Waals surface area contributed by atoms with Gasteiger partial charge < -0.3 is 4.90 Å². The fourth-order valence-electron chi connectivity index (χ4n) is 2.31. The molecule has 2 rings (SSSR count). The lowest BCUT2D eigenvalue weighted by Crippen LogP contribution is -2.36. The number of nitrogens with zero attached hydrogens (tertiary/aromatic N) is 1. The van der Waals surface area contributed by atoms with E-state index in [0.717, 1.165) is 17.6 Å². The lowest BCUT2D eigenvalue weighted by atomic mass is 10.1. The number of amides is 1. The molecular weight excluding hydrogens is 276 g/mol. The van der Waals surface area contributed by atoms with Crippen LogP contribution in [0.5, 0.6) is 0 Å². The fourth-order valence-corrected chi connectivity index (χ4v) is 3.02. The molecule has 6 heteroatoms. The largest absolute Gasteiger partial charge is 0.334 e. The maximum Gasteiger partial charge on any atom is 0.255 e. The number of aryl methyl sites for hydroxylation is 1. The molecule has 0 atom stereocenters. The summed E-state index contributed by atoms with van der Waals surface area (Å²) in [5, 5.41) is 5.19. The van der Waals surface area contributed by atoms with E-state index in [1.807, 2.05) is 13.8 Å². The first-order valence-electron chi connectivity index (χ1n) is 6.37. The highest BCUT2D eigenvalue weighted by Crippen LogP contribution is 2.20. The molecule has 0 saturated carbocycles. The lowest BCUT2D eigenvalue weighted by Gasteiger charge is -2.27. The molecule has 20 heavy (non-hydrogen) atoms. The smallest absolute Gasteiger partial charge is 0.255 e. The summed E-state index contributed by atoms with van der Waals surface area (Å²) in [6, 6.07) is 4.61. The van der Waals surface area contributed by atoms with E-state index < -0.39 is 10.0 Å². The van der Waals surface area contributed by atoms with Crippen molar-refractivity contribution in [3.05, 3.63) is 41.0 Å². The van der Waals surface area contributed by atoms with Crippen molar-refractivity contribution in [2.45, 2.75) is 25.2 Å². The zero-order valence-electron chi connectivity index (χ0n) is 11.6. The number of carbonyl (C=O) groups is 1. The minimum absolute atomic E-state index is 0.111. The van der Waals surface area contributed by atoms with Gasteiger partial charge in [0, 0.05) is 13.1 Å². The van der Waals surface area contributed by atoms with E-state index in [1.165, 1.54) is 6.07 Å². The molecule has 108 valence electrons. The Morgan fingerprint density at radius 1 is 1.30 bits per heavy atom. The molecule has 0 aliphatic carbocycles. The van der Waals surface area contributed by atoms with Crippen LogP contribution in [0.4, 0.5) is 0 Å². The fraction of sp³-hybridized carbons (Fsp3) is 0.357. The Morgan fingerprint density at radius 3 is 2.60 bits per heavy atom. The van der Waals surface area contributed by atoms with Crippen LogP contribution in [0.15, 0.2) is 34.7 Å². The number of nitrogens with two attached hydrogens (primary N) is 1. The molecule has 0 unspecified atom stereocenters. The highest BCUT2D eigenvalue weighted by molar-refractivity contribution is 7.89. The zero-order chi connectivity index (χ0) is 14.9. The Labute approximate surface area is 119 Å². The molecule has 2 N–H and O–H groups in total. The summed E-state index contributed by atoms with van der Waals surface area (Å²) in [5.41, 5.74) is 2.08. The standard InChI is InChI=1S/C14H18N2O3S/c1-10-5-6-13(20(15,18)19)12(8-10)14(17)16-7-3-4-11(2)9-16/h4-6,8H,3,7,9H2,1-2H3,(H2,15,18,19). The number of hydrogen-bond acceptors (Lipinski definition) is 3. The molecule has 0 bridgehead atoms. The lowest BCUT2D eigenvalue weighted by molar-refractivity contribution is 0.0762. The molecule has 0 saturated heterocycles. The number of hydrogen-bond donors (Lipinski definition) is 1. The molecule has 1 heterocycles. The molecule has 0 fully saturated rings. The quantitative estimate of drug-likeness (QED) is 0.838. The molecule has 0 aromatic heterocycles. The van der Waals surface area contributed by atoms with Gasteiger partial charge in [-0.3, -0.25) is 4.79 Å². The van der Waals surface area contributed by atoms with Gasteiger partial charge in [-0.15, -0.1) is 0 Å². The van der Waals surface area contributed by atoms with Crippen molar-refractivity contribution >= 4 is 15.9 Å². The molecule has 0 spiro atoms. The van der Waals surface area contributed by atoms with Gasteiger partial charge in [0.05, 0.1) is 10.5 Å². The van der Waals surface area contributed by atoms with Crippen molar-refractivity contribution in [2.75, 3.05) is 13.1 Å². The van der Waals surface area contributed by atoms with E-state index in [9.17, 15) is 13.2 Å². The van der Waals surface area contributed by atoms with Gasteiger partial charge in [-0.1, -0.05) is 23.3 Å². The van der Waals surface area contributed by atoms with E-state index in [4.69, 9.17) is 5.14 Å². The van der Waals surface area contributed by atoms with Gasteiger partial charge in [0.1, 0.15) is 0 Å². The minimum Gasteiger partial charge on any atom is -0.334 e. The molecule has 1 aliphatic heterocycles. The third kappa shape index (κ3) is 3.08. The number of primary sulfonamides is 1. The van der Waals surface area contributed by atoms with E-state index in [0.29, 0.717) is 13.1 Å². The van der Waals surface area contributed by atoms with Crippen LogP contribution >= 0.6 is 0 Å². The van der Waals surface area contributed by atoms with Gasteiger partial charge in [0.25, 0.3) is 5.91 Å². The summed E-state index contributed by atoms with van der Waals surface area (Å²) in [7, 11) is -3.91. The second-order valence-corrected chi connectivity index (χ2v) is 6.64. The van der Waals surface area contributed by atoms with Crippen LogP contribution < -0.4 is 5.14 Å². The predicted octanol–water partition coefficient (Wildman–Crippen LogP) is 1.43. The van der Waals surface area contributed by atoms with E-state index in [1.54, 1.807) is 17.0 Å². The van der Waals surface area contributed by atoms with Gasteiger partial charge >= 0.3 is 0 Å². The van der Waals surface area contributed by atoms with Gasteiger partial charge in [-0.25, -0.2) is 13.6 Å². The zero-order valence-corrected chi connectivity index (χ0v) is 12.4. The maximum absolute atomic E-state index is 12.5. The van der Waals surface area contributed by atoms with Crippen LogP contribution in [0, 0.1) is 6.92 Å². The molecule has 1 aromatic carbocycles. The van der Waals surface area contributed by atoms with Crippen molar-refractivity contribution in [2.24, 2.45) is 5.14 Å². The number of benzene rings is 1. The molecular formula is C14H18N2O3S. The normalized spacial score (nSPS) is 15.9. The maximum atomic E-state index is 12.5. The molecule has 5 nitrogen and oxygen atoms in total. The molecule has 1 aromatic rings. The second-order valence-electron chi connectivity index (χ2n) is 5.11. The molecule has 1 amide bonds. The summed E-state index contributed by atoms with van der Waals surface area (Å²) >= 11 is 0. The Kier molecular flexibility index (Phi) is 3.96. The Hall–Kier alpha value is -1.66. The van der Waals surface area contributed by atoms with Gasteiger partial charge in [-0.2, -0.15) is 0 Å². The van der Waals surface area contributed by atoms with Gasteiger partial charge in [0.15, 0.2) is 0 Å². The highest BCUT2D eigenvalue weighted by atomic mass is 32.2. The summed E-state index contributed by atoms with van der Waals surface area (Å²) in [5.74, 6) is -0.287. The number of rotatable bonds is 2. The number of sulfonamides is 1. The van der Waals surface area contributed by atoms with Gasteiger partial charge in [-0.05, 0) is 32.4 Å². The summed E-state index contributed by atoms with van der Waals surface area (Å²) < 4.78 is 23.2. The van der Waals surface area contributed by atoms with Crippen molar-refractivity contribution in [3.63, 3.8) is 0 Å². The Balaban J connectivity index is 2.44. The van der Waals surface area contributed by atoms with Crippen LogP contribution in [-0.2, 0) is 10.0 Å². The van der Waals surface area contributed by atoms with Crippen LogP contribution in [-0.4, -0.2) is 32.3 Å². The number of carbonyl (C=O) groups excluding carboxylic acids is 1. The third-order valence-corrected chi connectivity index (χ3v) is 4.26. The first kappa shape index (κ1) is 14.7. The first-order chi connectivity index (χ1) is 9.29. The van der Waals surface area contributed by atoms with E-state index >= 15 is 0 Å². The van der Waals surface area contributed by atoms with Crippen molar-refractivity contribution in [1.82, 2.24) is 4.90 Å². The monoisotopic (exact) mass is 294 g/mol. The van der Waals surface area contributed by atoms with Crippen molar-refractivity contribution in [3.8, 4) is 0 Å². The SMILES string of the molecule is CC1=CCCN(C(=O)c2cc(C)ccc2S(N)(=O)=O)C1. The minimum atomic E-state index is -3.91. The highest BCUT2D eigenvalue weighted by Gasteiger charge is 2.24. The van der Waals surface area contributed by atoms with Crippen LogP contribution in [0.3, 0.4) is 0 Å². The molecule has 0 radical (unpaired) electrons. The van der Waals surface area contributed by atoms with Crippen LogP contribution in [0.25, 0.3) is 0 Å². The van der Waals surface area contributed by atoms with Crippen LogP contribution in [0.2, 0.25) is 0 Å². The predicted molar refractivity (Wildman–Crippen MR) is 76.8 cm³/mol. The summed E-state index contributed by atoms with van der Waals surface area (Å²) in [6.07, 6.45) is 2.87. The Bertz CT molecular complexity index is 678. The van der Waals surface area contributed by atoms with E-state index in [2.05, 4.69) is 6.08 Å². The summed E-state index contributed by atoms with van der Waals surface area (Å²) in [6.45, 7) is 4.88. The third-order valence-electron chi connectivity index (χ3n) is 3.29. The second kappa shape index (κ2) is 5.38. The topological polar surface area (TPSA) is 80.5 Å². The van der Waals surface area contributed by atoms with Crippen molar-refractivity contribution in [1.29, 1.82) is 0 Å². The molecule has 1 aliphatic rings. The van der Waals surface area contributed by atoms with Crippen LogP contribution in [0.1, 0.15) is 29.3 Å². The average molecular weight is 294 g/mol. The summed E-state index contributed by atoms with van der Waals surface area (Å²) in [4.78, 5) is 14.1. The average Bonchev–Trinajstić information content (AvgIpc) is 2.36. The first-order valence-corrected chi connectivity index (χ1v) is 7.92. The van der Waals surface area contributed by atoms with Gasteiger partial charge in [0.2, 0.25) is 10.0 Å².